The number of nitrogens with one attached hydrogen (secondary N) is 1. The largest absolute Gasteiger partial charge is 0.349 e. The third kappa shape index (κ3) is 3.84. The van der Waals surface area contributed by atoms with Gasteiger partial charge in [0.15, 0.2) is 0 Å². The van der Waals surface area contributed by atoms with Crippen molar-refractivity contribution in [2.75, 3.05) is 17.7 Å². The van der Waals surface area contributed by atoms with E-state index in [-0.39, 0.29) is 24.2 Å². The van der Waals surface area contributed by atoms with Gasteiger partial charge in [-0.2, -0.15) is 0 Å². The fourth-order valence-corrected chi connectivity index (χ4v) is 4.51. The van der Waals surface area contributed by atoms with E-state index in [1.54, 1.807) is 28.0 Å². The molecule has 1 atom stereocenters. The molecule has 3 aromatic rings. The van der Waals surface area contributed by atoms with Crippen LogP contribution in [0.25, 0.3) is 10.2 Å². The number of aromatic nitrogens is 1. The van der Waals surface area contributed by atoms with Gasteiger partial charge in [0.05, 0.1) is 22.7 Å². The minimum atomic E-state index is -0.327. The Labute approximate surface area is 165 Å². The minimum absolute atomic E-state index is 0.00737. The molecule has 0 spiro atoms. The quantitative estimate of drug-likeness (QED) is 0.667. The van der Waals surface area contributed by atoms with Crippen LogP contribution in [0.1, 0.15) is 11.4 Å². The molecule has 7 heteroatoms. The number of nitrogens with zero attached hydrogens (tertiary/aromatic N) is 2. The molecule has 2 aromatic carbocycles. The summed E-state index contributed by atoms with van der Waals surface area (Å²) in [5, 5.41) is 3.81. The van der Waals surface area contributed by atoms with E-state index in [1.807, 2.05) is 54.8 Å². The van der Waals surface area contributed by atoms with Gasteiger partial charge in [-0.3, -0.25) is 9.59 Å². The Balaban J connectivity index is 1.38. The maximum Gasteiger partial charge on any atom is 0.227 e. The maximum absolute atomic E-state index is 12.5. The standard InChI is InChI=1S/C20H19N3O2S2/c1-26-15-8-6-14(7-9-15)23-12-13(10-19(23)24)20(25)21-11-18-22-16-4-2-3-5-17(16)27-18/h2-9,13H,10-12H2,1H3,(H,21,25). The van der Waals surface area contributed by atoms with Crippen molar-refractivity contribution in [3.05, 3.63) is 53.5 Å². The van der Waals surface area contributed by atoms with Crippen LogP contribution >= 0.6 is 23.1 Å². The Bertz CT molecular complexity index is 951. The van der Waals surface area contributed by atoms with Gasteiger partial charge in [0.25, 0.3) is 0 Å². The molecule has 1 aliphatic rings. The molecule has 0 saturated carbocycles. The second-order valence-electron chi connectivity index (χ2n) is 6.40. The topological polar surface area (TPSA) is 62.3 Å². The highest BCUT2D eigenvalue weighted by molar-refractivity contribution is 7.98. The molecular formula is C20H19N3O2S2. The average molecular weight is 398 g/mol. The van der Waals surface area contributed by atoms with Crippen LogP contribution in [-0.2, 0) is 16.1 Å². The summed E-state index contributed by atoms with van der Waals surface area (Å²) in [6.45, 7) is 0.814. The molecular weight excluding hydrogens is 378 g/mol. The zero-order valence-electron chi connectivity index (χ0n) is 14.8. The predicted molar refractivity (Wildman–Crippen MR) is 110 cm³/mol. The number of anilines is 1. The van der Waals surface area contributed by atoms with Gasteiger partial charge in [0.1, 0.15) is 5.01 Å². The second kappa shape index (κ2) is 7.70. The predicted octanol–water partition coefficient (Wildman–Crippen LogP) is 3.69. The van der Waals surface area contributed by atoms with Crippen molar-refractivity contribution in [2.45, 2.75) is 17.9 Å². The van der Waals surface area contributed by atoms with E-state index in [1.165, 1.54) is 0 Å². The van der Waals surface area contributed by atoms with Gasteiger partial charge in [0.2, 0.25) is 11.8 Å². The molecule has 1 N–H and O–H groups in total. The number of thioether (sulfide) groups is 1. The Morgan fingerprint density at radius 2 is 2.04 bits per heavy atom. The Morgan fingerprint density at radius 3 is 2.78 bits per heavy atom. The number of carbonyl (C=O) groups is 2. The van der Waals surface area contributed by atoms with Gasteiger partial charge in [-0.15, -0.1) is 23.1 Å². The van der Waals surface area contributed by atoms with Crippen LogP contribution in [0.2, 0.25) is 0 Å². The molecule has 0 radical (unpaired) electrons. The van der Waals surface area contributed by atoms with Crippen molar-refractivity contribution < 1.29 is 9.59 Å². The molecule has 2 amide bonds. The molecule has 27 heavy (non-hydrogen) atoms. The lowest BCUT2D eigenvalue weighted by Crippen LogP contribution is -2.32. The molecule has 1 aromatic heterocycles. The zero-order chi connectivity index (χ0) is 18.8. The summed E-state index contributed by atoms with van der Waals surface area (Å²) in [5.74, 6) is -0.426. The number of thiazole rings is 1. The van der Waals surface area contributed by atoms with Crippen molar-refractivity contribution in [1.82, 2.24) is 10.3 Å². The van der Waals surface area contributed by atoms with Crippen LogP contribution in [-0.4, -0.2) is 29.6 Å². The van der Waals surface area contributed by atoms with Crippen molar-refractivity contribution in [2.24, 2.45) is 5.92 Å². The van der Waals surface area contributed by atoms with Gasteiger partial charge in [-0.05, 0) is 42.7 Å². The first-order valence-corrected chi connectivity index (χ1v) is 10.7. The SMILES string of the molecule is CSc1ccc(N2CC(C(=O)NCc3nc4ccccc4s3)CC2=O)cc1. The van der Waals surface area contributed by atoms with Crippen LogP contribution in [0.5, 0.6) is 0 Å². The molecule has 138 valence electrons. The Morgan fingerprint density at radius 1 is 1.26 bits per heavy atom. The molecule has 1 fully saturated rings. The first-order chi connectivity index (χ1) is 13.1. The number of fused-ring (bicyclic) bond motifs is 1. The van der Waals surface area contributed by atoms with Crippen molar-refractivity contribution in [1.29, 1.82) is 0 Å². The second-order valence-corrected chi connectivity index (χ2v) is 8.39. The summed E-state index contributed by atoms with van der Waals surface area (Å²) < 4.78 is 1.11. The van der Waals surface area contributed by atoms with Crippen molar-refractivity contribution in [3.63, 3.8) is 0 Å². The third-order valence-corrected chi connectivity index (χ3v) is 6.41. The van der Waals surface area contributed by atoms with E-state index in [2.05, 4.69) is 10.3 Å². The van der Waals surface area contributed by atoms with Crippen LogP contribution in [0.3, 0.4) is 0 Å². The van der Waals surface area contributed by atoms with E-state index in [9.17, 15) is 9.59 Å². The first kappa shape index (κ1) is 18.0. The monoisotopic (exact) mass is 397 g/mol. The number of para-hydroxylation sites is 1. The van der Waals surface area contributed by atoms with Crippen LogP contribution in [0.15, 0.2) is 53.4 Å². The molecule has 1 unspecified atom stereocenters. The van der Waals surface area contributed by atoms with E-state index >= 15 is 0 Å². The average Bonchev–Trinajstić information content (AvgIpc) is 3.29. The highest BCUT2D eigenvalue weighted by Gasteiger charge is 2.35. The number of hydrogen-bond acceptors (Lipinski definition) is 5. The maximum atomic E-state index is 12.5. The smallest absolute Gasteiger partial charge is 0.227 e. The summed E-state index contributed by atoms with van der Waals surface area (Å²) in [5.41, 5.74) is 1.79. The lowest BCUT2D eigenvalue weighted by atomic mass is 10.1. The molecule has 4 rings (SSSR count). The van der Waals surface area contributed by atoms with Crippen LogP contribution in [0.4, 0.5) is 5.69 Å². The molecule has 5 nitrogen and oxygen atoms in total. The number of hydrogen-bond donors (Lipinski definition) is 1. The number of amides is 2. The Kier molecular flexibility index (Phi) is 5.13. The molecule has 1 saturated heterocycles. The van der Waals surface area contributed by atoms with E-state index < -0.39 is 0 Å². The number of benzene rings is 2. The van der Waals surface area contributed by atoms with E-state index in [4.69, 9.17) is 0 Å². The fourth-order valence-electron chi connectivity index (χ4n) is 3.20. The lowest BCUT2D eigenvalue weighted by molar-refractivity contribution is -0.126. The summed E-state index contributed by atoms with van der Waals surface area (Å²) in [4.78, 5) is 32.3. The molecule has 1 aliphatic heterocycles. The summed E-state index contributed by atoms with van der Waals surface area (Å²) in [6, 6.07) is 15.8. The molecule has 2 heterocycles. The zero-order valence-corrected chi connectivity index (χ0v) is 16.5. The van der Waals surface area contributed by atoms with Gasteiger partial charge < -0.3 is 10.2 Å². The van der Waals surface area contributed by atoms with E-state index in [0.29, 0.717) is 13.1 Å². The fraction of sp³-hybridized carbons (Fsp3) is 0.250. The lowest BCUT2D eigenvalue weighted by Gasteiger charge is -2.17. The molecule has 0 bridgehead atoms. The summed E-state index contributed by atoms with van der Waals surface area (Å²) in [6.07, 6.45) is 2.26. The van der Waals surface area contributed by atoms with Crippen molar-refractivity contribution >= 4 is 50.8 Å². The van der Waals surface area contributed by atoms with Gasteiger partial charge >= 0.3 is 0 Å². The third-order valence-electron chi connectivity index (χ3n) is 4.63. The van der Waals surface area contributed by atoms with Crippen molar-refractivity contribution in [3.8, 4) is 0 Å². The molecule has 0 aliphatic carbocycles. The van der Waals surface area contributed by atoms with Gasteiger partial charge in [-0.1, -0.05) is 12.1 Å². The van der Waals surface area contributed by atoms with Gasteiger partial charge in [0, 0.05) is 23.5 Å². The number of carbonyl (C=O) groups excluding carboxylic acids is 2. The van der Waals surface area contributed by atoms with E-state index in [0.717, 1.165) is 25.8 Å². The minimum Gasteiger partial charge on any atom is -0.349 e. The summed E-state index contributed by atoms with van der Waals surface area (Å²) in [7, 11) is 0. The van der Waals surface area contributed by atoms with Crippen LogP contribution in [0, 0.1) is 5.92 Å². The van der Waals surface area contributed by atoms with Crippen LogP contribution < -0.4 is 10.2 Å². The highest BCUT2D eigenvalue weighted by atomic mass is 32.2. The summed E-state index contributed by atoms with van der Waals surface area (Å²) >= 11 is 3.24. The normalized spacial score (nSPS) is 16.9. The highest BCUT2D eigenvalue weighted by Crippen LogP contribution is 2.27. The Hall–Kier alpha value is -2.38. The first-order valence-electron chi connectivity index (χ1n) is 8.70. The number of rotatable bonds is 5. The van der Waals surface area contributed by atoms with Gasteiger partial charge in [-0.25, -0.2) is 4.98 Å².